The average molecular weight is 304 g/mol. The van der Waals surface area contributed by atoms with Crippen LogP contribution in [0.5, 0.6) is 0 Å². The van der Waals surface area contributed by atoms with Crippen LogP contribution in [-0.2, 0) is 19.4 Å². The van der Waals surface area contributed by atoms with Gasteiger partial charge in [-0.2, -0.15) is 5.10 Å². The highest BCUT2D eigenvalue weighted by molar-refractivity contribution is 5.85. The first kappa shape index (κ1) is 14.6. The lowest BCUT2D eigenvalue weighted by molar-refractivity contribution is 0.333. The van der Waals surface area contributed by atoms with Gasteiger partial charge in [0.25, 0.3) is 0 Å². The zero-order valence-corrected chi connectivity index (χ0v) is 13.1. The van der Waals surface area contributed by atoms with Gasteiger partial charge in [-0.25, -0.2) is 4.98 Å². The second kappa shape index (κ2) is 6.18. The molecule has 21 heavy (non-hydrogen) atoms. The Morgan fingerprint density at radius 1 is 1.24 bits per heavy atom. The predicted octanol–water partition coefficient (Wildman–Crippen LogP) is 3.77. The number of aromatic nitrogens is 3. The molecule has 3 nitrogen and oxygen atoms in total. The molecule has 0 N–H and O–H groups in total. The van der Waals surface area contributed by atoms with Gasteiger partial charge < -0.3 is 0 Å². The van der Waals surface area contributed by atoms with Crippen LogP contribution in [0.2, 0.25) is 0 Å². The monoisotopic (exact) mass is 303 g/mol. The fraction of sp³-hybridized carbons (Fsp3) is 0.529. The first-order chi connectivity index (χ1) is 9.90. The smallest absolute Gasteiger partial charge is 0.137 e. The molecule has 0 saturated carbocycles. The van der Waals surface area contributed by atoms with Crippen molar-refractivity contribution in [3.05, 3.63) is 47.5 Å². The van der Waals surface area contributed by atoms with Crippen molar-refractivity contribution < 1.29 is 0 Å². The number of rotatable bonds is 3. The third-order valence-corrected chi connectivity index (χ3v) is 5.05. The summed E-state index contributed by atoms with van der Waals surface area (Å²) in [7, 11) is 0. The fourth-order valence-electron chi connectivity index (χ4n) is 4.19. The molecule has 0 saturated heterocycles. The van der Waals surface area contributed by atoms with Gasteiger partial charge in [-0.15, -0.1) is 12.4 Å². The Hall–Kier alpha value is -1.35. The number of hydrogen-bond donors (Lipinski definition) is 0. The zero-order chi connectivity index (χ0) is 13.4. The van der Waals surface area contributed by atoms with E-state index in [1.807, 2.05) is 11.0 Å². The molecule has 0 unspecified atom stereocenters. The predicted molar refractivity (Wildman–Crippen MR) is 85.8 cm³/mol. The van der Waals surface area contributed by atoms with Crippen LogP contribution in [0, 0.1) is 5.92 Å². The van der Waals surface area contributed by atoms with Gasteiger partial charge in [0.1, 0.15) is 12.7 Å². The van der Waals surface area contributed by atoms with Crippen molar-refractivity contribution in [2.45, 2.75) is 51.0 Å². The van der Waals surface area contributed by atoms with E-state index in [4.69, 9.17) is 0 Å². The Balaban J connectivity index is 0.00000132. The Labute approximate surface area is 132 Å². The summed E-state index contributed by atoms with van der Waals surface area (Å²) in [5, 5.41) is 4.21. The van der Waals surface area contributed by atoms with Gasteiger partial charge in [-0.05, 0) is 67.1 Å². The number of halogens is 1. The minimum Gasteiger partial charge on any atom is -0.253 e. The lowest BCUT2D eigenvalue weighted by atomic mass is 9.69. The van der Waals surface area contributed by atoms with Gasteiger partial charge in [-0.1, -0.05) is 18.2 Å². The van der Waals surface area contributed by atoms with Crippen molar-refractivity contribution >= 4 is 12.4 Å². The summed E-state index contributed by atoms with van der Waals surface area (Å²) in [6, 6.07) is 6.97. The van der Waals surface area contributed by atoms with Crippen LogP contribution in [0.25, 0.3) is 0 Å². The minimum atomic E-state index is 0. The molecule has 0 aliphatic heterocycles. The van der Waals surface area contributed by atoms with Gasteiger partial charge in [0.15, 0.2) is 0 Å². The van der Waals surface area contributed by atoms with Crippen LogP contribution in [0.3, 0.4) is 0 Å². The molecule has 0 bridgehead atoms. The SMILES string of the molecule is Cl.c1cc2c3c(c1)C[C@@H](CCn1cncn1)C[C@H]3CCC2. The topological polar surface area (TPSA) is 30.7 Å². The molecule has 1 aromatic carbocycles. The van der Waals surface area contributed by atoms with Gasteiger partial charge in [0.2, 0.25) is 0 Å². The molecular weight excluding hydrogens is 282 g/mol. The molecular formula is C17H22ClN3. The molecule has 4 heteroatoms. The minimum absolute atomic E-state index is 0. The highest BCUT2D eigenvalue weighted by Crippen LogP contribution is 2.43. The standard InChI is InChI=1S/C17H21N3.ClH/c1-3-14-4-2-6-16-10-13(9-15(5-1)17(14)16)7-8-20-12-18-11-19-20;/h1,3,5,11-13,16H,2,4,6-10H2;1H/t13-,16-;/m1./s1. The van der Waals surface area contributed by atoms with Gasteiger partial charge in [0.05, 0.1) is 0 Å². The Kier molecular flexibility index (Phi) is 4.29. The second-order valence-corrected chi connectivity index (χ2v) is 6.33. The Morgan fingerprint density at radius 3 is 3.00 bits per heavy atom. The lowest BCUT2D eigenvalue weighted by Gasteiger charge is -2.36. The number of nitrogens with zero attached hydrogens (tertiary/aromatic N) is 3. The normalized spacial score (nSPS) is 23.2. The van der Waals surface area contributed by atoms with Crippen LogP contribution in [0.4, 0.5) is 0 Å². The molecule has 2 aliphatic rings. The number of aryl methyl sites for hydroxylation is 2. The second-order valence-electron chi connectivity index (χ2n) is 6.33. The third-order valence-electron chi connectivity index (χ3n) is 5.05. The Bertz CT molecular complexity index is 594. The highest BCUT2D eigenvalue weighted by Gasteiger charge is 2.30. The molecule has 0 radical (unpaired) electrons. The van der Waals surface area contributed by atoms with E-state index >= 15 is 0 Å². The summed E-state index contributed by atoms with van der Waals surface area (Å²) < 4.78 is 1.97. The summed E-state index contributed by atoms with van der Waals surface area (Å²) in [6.07, 6.45) is 11.4. The molecule has 2 aliphatic carbocycles. The number of hydrogen-bond acceptors (Lipinski definition) is 2. The lowest BCUT2D eigenvalue weighted by Crippen LogP contribution is -2.24. The van der Waals surface area contributed by atoms with Gasteiger partial charge in [-0.3, -0.25) is 4.68 Å². The summed E-state index contributed by atoms with van der Waals surface area (Å²) in [6.45, 7) is 1.01. The molecule has 1 aromatic heterocycles. The largest absolute Gasteiger partial charge is 0.253 e. The van der Waals surface area contributed by atoms with Crippen LogP contribution in [-0.4, -0.2) is 14.8 Å². The zero-order valence-electron chi connectivity index (χ0n) is 12.2. The molecule has 0 fully saturated rings. The van der Waals surface area contributed by atoms with Crippen molar-refractivity contribution in [3.8, 4) is 0 Å². The van der Waals surface area contributed by atoms with E-state index in [9.17, 15) is 0 Å². The summed E-state index contributed by atoms with van der Waals surface area (Å²) in [5.41, 5.74) is 4.98. The molecule has 1 heterocycles. The van der Waals surface area contributed by atoms with Crippen molar-refractivity contribution in [1.29, 1.82) is 0 Å². The van der Waals surface area contributed by atoms with E-state index in [0.717, 1.165) is 18.4 Å². The molecule has 2 aromatic rings. The van der Waals surface area contributed by atoms with E-state index in [0.29, 0.717) is 0 Å². The van der Waals surface area contributed by atoms with Crippen LogP contribution in [0.1, 0.15) is 48.3 Å². The highest BCUT2D eigenvalue weighted by atomic mass is 35.5. The quantitative estimate of drug-likeness (QED) is 0.864. The van der Waals surface area contributed by atoms with Crippen molar-refractivity contribution in [2.24, 2.45) is 5.92 Å². The molecule has 0 amide bonds. The van der Waals surface area contributed by atoms with E-state index < -0.39 is 0 Å². The fourth-order valence-corrected chi connectivity index (χ4v) is 4.19. The van der Waals surface area contributed by atoms with E-state index in [-0.39, 0.29) is 12.4 Å². The van der Waals surface area contributed by atoms with Gasteiger partial charge >= 0.3 is 0 Å². The average Bonchev–Trinajstić information content (AvgIpc) is 2.99. The van der Waals surface area contributed by atoms with E-state index in [2.05, 4.69) is 28.3 Å². The third kappa shape index (κ3) is 2.84. The van der Waals surface area contributed by atoms with E-state index in [1.165, 1.54) is 38.5 Å². The van der Waals surface area contributed by atoms with Crippen LogP contribution >= 0.6 is 12.4 Å². The first-order valence-corrected chi connectivity index (χ1v) is 7.83. The van der Waals surface area contributed by atoms with E-state index in [1.54, 1.807) is 23.0 Å². The van der Waals surface area contributed by atoms with Crippen molar-refractivity contribution in [3.63, 3.8) is 0 Å². The molecule has 4 rings (SSSR count). The maximum absolute atomic E-state index is 4.21. The van der Waals surface area contributed by atoms with Crippen LogP contribution < -0.4 is 0 Å². The Morgan fingerprint density at radius 2 is 2.14 bits per heavy atom. The summed E-state index contributed by atoms with van der Waals surface area (Å²) in [5.74, 6) is 1.63. The first-order valence-electron chi connectivity index (χ1n) is 7.83. The van der Waals surface area contributed by atoms with Gasteiger partial charge in [0, 0.05) is 6.54 Å². The molecule has 0 spiro atoms. The van der Waals surface area contributed by atoms with Crippen molar-refractivity contribution in [1.82, 2.24) is 14.8 Å². The molecule has 2 atom stereocenters. The maximum atomic E-state index is 4.21. The van der Waals surface area contributed by atoms with Crippen LogP contribution in [0.15, 0.2) is 30.9 Å². The maximum Gasteiger partial charge on any atom is 0.137 e. The summed E-state index contributed by atoms with van der Waals surface area (Å²) in [4.78, 5) is 4.03. The number of benzene rings is 1. The van der Waals surface area contributed by atoms with Crippen molar-refractivity contribution in [2.75, 3.05) is 0 Å². The molecule has 112 valence electrons. The summed E-state index contributed by atoms with van der Waals surface area (Å²) >= 11 is 0.